The predicted molar refractivity (Wildman–Crippen MR) is 78.9 cm³/mol. The highest BCUT2D eigenvalue weighted by Gasteiger charge is 2.15. The Morgan fingerprint density at radius 3 is 2.91 bits per heavy atom. The normalized spacial score (nSPS) is 10.8. The first kappa shape index (κ1) is 14.1. The van der Waals surface area contributed by atoms with Gasteiger partial charge >= 0.3 is 5.97 Å². The van der Waals surface area contributed by atoms with Crippen LogP contribution in [0, 0.1) is 0 Å². The Kier molecular flexibility index (Phi) is 3.74. The van der Waals surface area contributed by atoms with Crippen molar-refractivity contribution in [3.05, 3.63) is 48.7 Å². The number of nitrogens with zero attached hydrogens (tertiary/aromatic N) is 2. The molecule has 0 aliphatic rings. The first-order chi connectivity index (χ1) is 10.7. The average molecular weight is 298 g/mol. The molecule has 2 aromatic heterocycles. The van der Waals surface area contributed by atoms with Gasteiger partial charge in [-0.25, -0.2) is 4.98 Å². The predicted octanol–water partition coefficient (Wildman–Crippen LogP) is 2.75. The zero-order chi connectivity index (χ0) is 15.5. The van der Waals surface area contributed by atoms with Crippen LogP contribution >= 0.6 is 0 Å². The van der Waals surface area contributed by atoms with Gasteiger partial charge < -0.3 is 9.15 Å². The smallest absolute Gasteiger partial charge is 0.305 e. The summed E-state index contributed by atoms with van der Waals surface area (Å²) in [7, 11) is 1.29. The highest BCUT2D eigenvalue weighted by Crippen LogP contribution is 2.20. The maximum absolute atomic E-state index is 12.0. The van der Waals surface area contributed by atoms with Crippen molar-refractivity contribution in [3.8, 4) is 5.69 Å². The molecule has 3 rings (SSSR count). The molecular weight excluding hydrogens is 284 g/mol. The fraction of sp³-hybridized carbons (Fsp3) is 0.188. The summed E-state index contributed by atoms with van der Waals surface area (Å²) in [5.74, 6) is -0.432. The van der Waals surface area contributed by atoms with Crippen LogP contribution in [0.5, 0.6) is 0 Å². The van der Waals surface area contributed by atoms with Crippen LogP contribution in [0.25, 0.3) is 16.7 Å². The number of rotatable bonds is 5. The van der Waals surface area contributed by atoms with Crippen LogP contribution in [0.1, 0.15) is 23.4 Å². The van der Waals surface area contributed by atoms with Gasteiger partial charge in [0.15, 0.2) is 11.5 Å². The summed E-state index contributed by atoms with van der Waals surface area (Å²) in [5.41, 5.74) is 2.51. The van der Waals surface area contributed by atoms with Crippen molar-refractivity contribution in [1.29, 1.82) is 0 Å². The minimum atomic E-state index is -0.416. The van der Waals surface area contributed by atoms with Crippen molar-refractivity contribution >= 4 is 22.8 Å². The highest BCUT2D eigenvalue weighted by atomic mass is 16.5. The van der Waals surface area contributed by atoms with E-state index in [2.05, 4.69) is 9.72 Å². The van der Waals surface area contributed by atoms with E-state index in [0.29, 0.717) is 0 Å². The Balaban J connectivity index is 1.82. The van der Waals surface area contributed by atoms with E-state index in [1.165, 1.54) is 13.4 Å². The minimum absolute atomic E-state index is 0.0410. The van der Waals surface area contributed by atoms with Gasteiger partial charge in [-0.3, -0.25) is 14.2 Å². The first-order valence-electron chi connectivity index (χ1n) is 6.80. The number of ether oxygens (including phenoxy) is 1. The number of Topliss-reactive ketones (excluding diaryl/α,β-unsaturated/α-hetero) is 1. The van der Waals surface area contributed by atoms with Crippen LogP contribution in [0.2, 0.25) is 0 Å². The molecule has 2 heterocycles. The number of carbonyl (C=O) groups excluding carboxylic acids is 2. The summed E-state index contributed by atoms with van der Waals surface area (Å²) in [6.45, 7) is 0. The van der Waals surface area contributed by atoms with E-state index in [-0.39, 0.29) is 24.4 Å². The van der Waals surface area contributed by atoms with Gasteiger partial charge in [-0.15, -0.1) is 0 Å². The fourth-order valence-corrected chi connectivity index (χ4v) is 2.20. The summed E-state index contributed by atoms with van der Waals surface area (Å²) in [4.78, 5) is 27.3. The first-order valence-corrected chi connectivity index (χ1v) is 6.80. The number of para-hydroxylation sites is 2. The van der Waals surface area contributed by atoms with E-state index in [4.69, 9.17) is 4.42 Å². The van der Waals surface area contributed by atoms with Crippen molar-refractivity contribution in [1.82, 2.24) is 9.55 Å². The lowest BCUT2D eigenvalue weighted by Crippen LogP contribution is -2.05. The number of esters is 1. The van der Waals surface area contributed by atoms with Crippen LogP contribution in [0.4, 0.5) is 0 Å². The summed E-state index contributed by atoms with van der Waals surface area (Å²) >= 11 is 0. The number of aromatic nitrogens is 2. The van der Waals surface area contributed by atoms with Gasteiger partial charge in [0.2, 0.25) is 0 Å². The van der Waals surface area contributed by atoms with E-state index in [1.807, 2.05) is 28.8 Å². The van der Waals surface area contributed by atoms with Crippen LogP contribution < -0.4 is 0 Å². The zero-order valence-electron chi connectivity index (χ0n) is 12.0. The third-order valence-corrected chi connectivity index (χ3v) is 3.38. The van der Waals surface area contributed by atoms with Gasteiger partial charge in [0, 0.05) is 12.5 Å². The second-order valence-corrected chi connectivity index (χ2v) is 4.77. The summed E-state index contributed by atoms with van der Waals surface area (Å²) in [6.07, 6.45) is 3.28. The van der Waals surface area contributed by atoms with Crippen LogP contribution in [0.3, 0.4) is 0 Å². The van der Waals surface area contributed by atoms with Crippen molar-refractivity contribution < 1.29 is 18.7 Å². The molecule has 0 N–H and O–H groups in total. The fourth-order valence-electron chi connectivity index (χ4n) is 2.20. The highest BCUT2D eigenvalue weighted by molar-refractivity contribution is 5.95. The molecule has 3 aromatic rings. The number of carbonyl (C=O) groups is 2. The second kappa shape index (κ2) is 5.85. The third kappa shape index (κ3) is 2.63. The lowest BCUT2D eigenvalue weighted by atomic mass is 10.2. The molecular formula is C16H14N2O4. The molecule has 0 atom stereocenters. The van der Waals surface area contributed by atoms with Crippen molar-refractivity contribution in [2.75, 3.05) is 7.11 Å². The van der Waals surface area contributed by atoms with E-state index in [9.17, 15) is 9.59 Å². The van der Waals surface area contributed by atoms with E-state index >= 15 is 0 Å². The topological polar surface area (TPSA) is 74.3 Å². The molecule has 112 valence electrons. The van der Waals surface area contributed by atoms with Gasteiger partial charge in [0.05, 0.1) is 30.3 Å². The summed E-state index contributed by atoms with van der Waals surface area (Å²) in [6, 6.07) is 9.33. The zero-order valence-corrected chi connectivity index (χ0v) is 12.0. The number of furan rings is 1. The van der Waals surface area contributed by atoms with E-state index < -0.39 is 5.97 Å². The molecule has 0 aliphatic carbocycles. The van der Waals surface area contributed by atoms with Gasteiger partial charge in [0.1, 0.15) is 12.6 Å². The lowest BCUT2D eigenvalue weighted by Gasteiger charge is -1.98. The van der Waals surface area contributed by atoms with E-state index in [1.54, 1.807) is 12.4 Å². The number of hydrogen-bond donors (Lipinski definition) is 0. The molecule has 0 amide bonds. The summed E-state index contributed by atoms with van der Waals surface area (Å²) < 4.78 is 11.7. The van der Waals surface area contributed by atoms with E-state index in [0.717, 1.165) is 16.7 Å². The molecule has 6 heteroatoms. The Hall–Kier alpha value is -2.89. The molecule has 1 aromatic carbocycles. The monoisotopic (exact) mass is 298 g/mol. The van der Waals surface area contributed by atoms with Crippen LogP contribution in [-0.2, 0) is 9.53 Å². The molecule has 6 nitrogen and oxygen atoms in total. The number of methoxy groups -OCH3 is 1. The number of benzene rings is 1. The lowest BCUT2D eigenvalue weighted by molar-refractivity contribution is -0.140. The molecule has 0 spiro atoms. The third-order valence-electron chi connectivity index (χ3n) is 3.38. The maximum atomic E-state index is 12.0. The van der Waals surface area contributed by atoms with Gasteiger partial charge in [-0.1, -0.05) is 12.1 Å². The molecule has 0 saturated carbocycles. The molecule has 0 fully saturated rings. The molecule has 22 heavy (non-hydrogen) atoms. The van der Waals surface area contributed by atoms with Crippen molar-refractivity contribution in [3.63, 3.8) is 0 Å². The standard InChI is InChI=1S/C16H14N2O4/c1-21-16(20)7-6-14(19)15-8-11(9-22-15)18-10-17-12-4-2-3-5-13(12)18/h2-5,8-10H,6-7H2,1H3. The van der Waals surface area contributed by atoms with Gasteiger partial charge in [-0.2, -0.15) is 0 Å². The number of ketones is 1. The Bertz CT molecular complexity index is 831. The average Bonchev–Trinajstić information content (AvgIpc) is 3.18. The van der Waals surface area contributed by atoms with Gasteiger partial charge in [-0.05, 0) is 12.1 Å². The molecule has 0 bridgehead atoms. The molecule has 0 saturated heterocycles. The Morgan fingerprint density at radius 1 is 1.27 bits per heavy atom. The van der Waals surface area contributed by atoms with Crippen LogP contribution in [-0.4, -0.2) is 28.4 Å². The molecule has 0 aliphatic heterocycles. The molecule has 0 unspecified atom stereocenters. The van der Waals surface area contributed by atoms with Gasteiger partial charge in [0.25, 0.3) is 0 Å². The Morgan fingerprint density at radius 2 is 2.09 bits per heavy atom. The van der Waals surface area contributed by atoms with Crippen molar-refractivity contribution in [2.24, 2.45) is 0 Å². The number of hydrogen-bond acceptors (Lipinski definition) is 5. The van der Waals surface area contributed by atoms with Crippen LogP contribution in [0.15, 0.2) is 47.3 Å². The minimum Gasteiger partial charge on any atom is -0.469 e. The van der Waals surface area contributed by atoms with Crippen molar-refractivity contribution in [2.45, 2.75) is 12.8 Å². The second-order valence-electron chi connectivity index (χ2n) is 4.77. The maximum Gasteiger partial charge on any atom is 0.305 e. The SMILES string of the molecule is COC(=O)CCC(=O)c1cc(-n2cnc3ccccc32)co1. The molecule has 0 radical (unpaired) electrons. The number of fused-ring (bicyclic) bond motifs is 1. The summed E-state index contributed by atoms with van der Waals surface area (Å²) in [5, 5.41) is 0. The largest absolute Gasteiger partial charge is 0.469 e. The quantitative estimate of drug-likeness (QED) is 0.535. The number of imidazole rings is 1. The Labute approximate surface area is 126 Å².